The third-order valence-corrected chi connectivity index (χ3v) is 3.07. The average Bonchev–Trinajstić information content (AvgIpc) is 2.37. The molecule has 0 heterocycles. The van der Waals surface area contributed by atoms with E-state index in [1.165, 1.54) is 37.8 Å². The van der Waals surface area contributed by atoms with Gasteiger partial charge in [-0.1, -0.05) is 32.6 Å². The molecule has 0 aromatic heterocycles. The van der Waals surface area contributed by atoms with Crippen LogP contribution in [0.15, 0.2) is 24.3 Å². The lowest BCUT2D eigenvalue weighted by Crippen LogP contribution is -2.14. The van der Waals surface area contributed by atoms with Crippen LogP contribution in [0.1, 0.15) is 52.9 Å². The molecule has 1 atom stereocenters. The van der Waals surface area contributed by atoms with Crippen LogP contribution in [0.2, 0.25) is 0 Å². The van der Waals surface area contributed by atoms with Crippen molar-refractivity contribution in [3.63, 3.8) is 0 Å². The Balaban J connectivity index is 2.28. The number of unbranched alkanes of at least 4 members (excludes halogenated alkanes) is 3. The highest BCUT2D eigenvalue weighted by Crippen LogP contribution is 2.17. The minimum absolute atomic E-state index is 0.541. The van der Waals surface area contributed by atoms with Gasteiger partial charge in [0, 0.05) is 11.7 Å². The summed E-state index contributed by atoms with van der Waals surface area (Å²) in [4.78, 5) is 0. The van der Waals surface area contributed by atoms with Gasteiger partial charge in [-0.2, -0.15) is 0 Å². The van der Waals surface area contributed by atoms with Gasteiger partial charge >= 0.3 is 0 Å². The van der Waals surface area contributed by atoms with Crippen LogP contribution >= 0.6 is 0 Å². The summed E-state index contributed by atoms with van der Waals surface area (Å²) < 4.78 is 5.43. The van der Waals surface area contributed by atoms with Crippen LogP contribution in [0.3, 0.4) is 0 Å². The highest BCUT2D eigenvalue weighted by Gasteiger charge is 2.02. The molecule has 0 saturated carbocycles. The van der Waals surface area contributed by atoms with Crippen LogP contribution in [0.4, 0.5) is 5.69 Å². The first-order valence-electron chi connectivity index (χ1n) is 7.25. The standard InChI is InChI=1S/C16H27NO/c1-4-6-7-8-9-14(3)17-15-10-12-16(13-11-15)18-5-2/h10-14,17H,4-9H2,1-3H3. The largest absolute Gasteiger partial charge is 0.494 e. The second kappa shape index (κ2) is 8.84. The molecule has 1 N–H and O–H groups in total. The second-order valence-corrected chi connectivity index (χ2v) is 4.85. The molecule has 102 valence electrons. The Morgan fingerprint density at radius 1 is 1.06 bits per heavy atom. The van der Waals surface area contributed by atoms with Crippen molar-refractivity contribution in [2.75, 3.05) is 11.9 Å². The summed E-state index contributed by atoms with van der Waals surface area (Å²) in [6, 6.07) is 8.77. The highest BCUT2D eigenvalue weighted by atomic mass is 16.5. The number of hydrogen-bond acceptors (Lipinski definition) is 2. The van der Waals surface area contributed by atoms with Crippen LogP contribution in [0.25, 0.3) is 0 Å². The maximum Gasteiger partial charge on any atom is 0.119 e. The van der Waals surface area contributed by atoms with E-state index in [1.54, 1.807) is 0 Å². The molecular weight excluding hydrogens is 222 g/mol. The molecule has 0 amide bonds. The van der Waals surface area contributed by atoms with Gasteiger partial charge in [0.05, 0.1) is 6.61 Å². The molecule has 1 unspecified atom stereocenters. The maximum atomic E-state index is 5.43. The highest BCUT2D eigenvalue weighted by molar-refractivity contribution is 5.46. The van der Waals surface area contributed by atoms with Crippen molar-refractivity contribution < 1.29 is 4.74 Å². The molecule has 2 heteroatoms. The van der Waals surface area contributed by atoms with Crippen LogP contribution in [-0.4, -0.2) is 12.6 Å². The molecular formula is C16H27NO. The van der Waals surface area contributed by atoms with E-state index in [1.807, 2.05) is 19.1 Å². The van der Waals surface area contributed by atoms with E-state index in [4.69, 9.17) is 4.74 Å². The predicted molar refractivity (Wildman–Crippen MR) is 79.5 cm³/mol. The lowest BCUT2D eigenvalue weighted by molar-refractivity contribution is 0.340. The summed E-state index contributed by atoms with van der Waals surface area (Å²) in [7, 11) is 0. The van der Waals surface area contributed by atoms with Gasteiger partial charge in [-0.25, -0.2) is 0 Å². The molecule has 1 aromatic rings. The topological polar surface area (TPSA) is 21.3 Å². The normalized spacial score (nSPS) is 12.2. The van der Waals surface area contributed by atoms with E-state index in [2.05, 4.69) is 31.3 Å². The van der Waals surface area contributed by atoms with Crippen LogP contribution in [0.5, 0.6) is 5.75 Å². The van der Waals surface area contributed by atoms with E-state index < -0.39 is 0 Å². The lowest BCUT2D eigenvalue weighted by Gasteiger charge is -2.15. The SMILES string of the molecule is CCCCCCC(C)Nc1ccc(OCC)cc1. The Kier molecular flexibility index (Phi) is 7.31. The number of anilines is 1. The fourth-order valence-corrected chi connectivity index (χ4v) is 2.05. The van der Waals surface area contributed by atoms with Gasteiger partial charge in [0.25, 0.3) is 0 Å². The maximum absolute atomic E-state index is 5.43. The minimum atomic E-state index is 0.541. The first kappa shape index (κ1) is 14.9. The molecule has 0 aliphatic carbocycles. The number of nitrogens with one attached hydrogen (secondary N) is 1. The Hall–Kier alpha value is -1.18. The molecule has 0 saturated heterocycles. The summed E-state index contributed by atoms with van der Waals surface area (Å²) in [5, 5.41) is 3.53. The molecule has 0 aliphatic heterocycles. The molecule has 1 aromatic carbocycles. The van der Waals surface area contributed by atoms with E-state index in [9.17, 15) is 0 Å². The molecule has 18 heavy (non-hydrogen) atoms. The van der Waals surface area contributed by atoms with Gasteiger partial charge in [-0.05, 0) is 44.5 Å². The van der Waals surface area contributed by atoms with Crippen LogP contribution < -0.4 is 10.1 Å². The van der Waals surface area contributed by atoms with Crippen molar-refractivity contribution in [1.82, 2.24) is 0 Å². The number of ether oxygens (including phenoxy) is 1. The molecule has 0 fully saturated rings. The Morgan fingerprint density at radius 3 is 2.39 bits per heavy atom. The average molecular weight is 249 g/mol. The smallest absolute Gasteiger partial charge is 0.119 e. The van der Waals surface area contributed by atoms with Gasteiger partial charge in [0.2, 0.25) is 0 Å². The van der Waals surface area contributed by atoms with Gasteiger partial charge in [0.1, 0.15) is 5.75 Å². The molecule has 2 nitrogen and oxygen atoms in total. The second-order valence-electron chi connectivity index (χ2n) is 4.85. The third-order valence-electron chi connectivity index (χ3n) is 3.07. The first-order chi connectivity index (χ1) is 8.76. The Labute approximate surface area is 112 Å². The molecule has 0 radical (unpaired) electrons. The monoisotopic (exact) mass is 249 g/mol. The van der Waals surface area contributed by atoms with Gasteiger partial charge in [-0.15, -0.1) is 0 Å². The number of hydrogen-bond donors (Lipinski definition) is 1. The molecule has 1 rings (SSSR count). The van der Waals surface area contributed by atoms with Gasteiger partial charge in [-0.3, -0.25) is 0 Å². The summed E-state index contributed by atoms with van der Waals surface area (Å²) in [5.41, 5.74) is 1.18. The van der Waals surface area contributed by atoms with Gasteiger partial charge < -0.3 is 10.1 Å². The number of benzene rings is 1. The van der Waals surface area contributed by atoms with E-state index in [-0.39, 0.29) is 0 Å². The summed E-state index contributed by atoms with van der Waals surface area (Å²) in [5.74, 6) is 0.943. The van der Waals surface area contributed by atoms with E-state index >= 15 is 0 Å². The Bertz CT molecular complexity index is 307. The third kappa shape index (κ3) is 5.95. The first-order valence-corrected chi connectivity index (χ1v) is 7.25. The van der Waals surface area contributed by atoms with E-state index in [0.29, 0.717) is 6.04 Å². The minimum Gasteiger partial charge on any atom is -0.494 e. The summed E-state index contributed by atoms with van der Waals surface area (Å²) in [6.45, 7) is 7.23. The van der Waals surface area contributed by atoms with E-state index in [0.717, 1.165) is 12.4 Å². The van der Waals surface area contributed by atoms with Crippen molar-refractivity contribution in [3.8, 4) is 5.75 Å². The quantitative estimate of drug-likeness (QED) is 0.631. The van der Waals surface area contributed by atoms with Crippen molar-refractivity contribution in [3.05, 3.63) is 24.3 Å². The van der Waals surface area contributed by atoms with Crippen molar-refractivity contribution in [1.29, 1.82) is 0 Å². The molecule has 0 bridgehead atoms. The fraction of sp³-hybridized carbons (Fsp3) is 0.625. The van der Waals surface area contributed by atoms with Crippen molar-refractivity contribution >= 4 is 5.69 Å². The zero-order chi connectivity index (χ0) is 13.2. The fourth-order valence-electron chi connectivity index (χ4n) is 2.05. The summed E-state index contributed by atoms with van der Waals surface area (Å²) in [6.07, 6.45) is 6.58. The molecule has 0 aliphatic rings. The summed E-state index contributed by atoms with van der Waals surface area (Å²) >= 11 is 0. The van der Waals surface area contributed by atoms with Crippen molar-refractivity contribution in [2.45, 2.75) is 58.9 Å². The Morgan fingerprint density at radius 2 is 1.78 bits per heavy atom. The van der Waals surface area contributed by atoms with Crippen molar-refractivity contribution in [2.24, 2.45) is 0 Å². The van der Waals surface area contributed by atoms with Crippen LogP contribution in [0, 0.1) is 0 Å². The number of rotatable bonds is 9. The van der Waals surface area contributed by atoms with Crippen LogP contribution in [-0.2, 0) is 0 Å². The van der Waals surface area contributed by atoms with Gasteiger partial charge in [0.15, 0.2) is 0 Å². The molecule has 0 spiro atoms. The zero-order valence-corrected chi connectivity index (χ0v) is 12.0. The predicted octanol–water partition coefficient (Wildman–Crippen LogP) is 4.86. The lowest BCUT2D eigenvalue weighted by atomic mass is 10.1. The zero-order valence-electron chi connectivity index (χ0n) is 12.0.